The summed E-state index contributed by atoms with van der Waals surface area (Å²) in [4.78, 5) is 0. The first-order chi connectivity index (χ1) is 9.94. The molecule has 21 heavy (non-hydrogen) atoms. The van der Waals surface area contributed by atoms with Crippen LogP contribution in [0, 0.1) is 23.8 Å². The SMILES string of the molecule is C#C[C@@H](CC)O[Si](C#CCCCCCC)(C(C)C)C(C)C. The Morgan fingerprint density at radius 3 is 2.05 bits per heavy atom. The molecule has 0 aliphatic rings. The molecule has 0 radical (unpaired) electrons. The van der Waals surface area contributed by atoms with E-state index < -0.39 is 8.32 Å². The van der Waals surface area contributed by atoms with Gasteiger partial charge in [0, 0.05) is 6.42 Å². The van der Waals surface area contributed by atoms with E-state index in [1.807, 2.05) is 0 Å². The van der Waals surface area contributed by atoms with Gasteiger partial charge in [-0.15, -0.1) is 12.3 Å². The van der Waals surface area contributed by atoms with E-state index in [0.29, 0.717) is 11.1 Å². The van der Waals surface area contributed by atoms with Crippen molar-refractivity contribution in [3.8, 4) is 23.8 Å². The van der Waals surface area contributed by atoms with Crippen molar-refractivity contribution in [2.24, 2.45) is 0 Å². The first-order valence-electron chi connectivity index (χ1n) is 8.58. The molecule has 0 N–H and O–H groups in total. The minimum Gasteiger partial charge on any atom is -0.391 e. The van der Waals surface area contributed by atoms with E-state index in [4.69, 9.17) is 10.8 Å². The lowest BCUT2D eigenvalue weighted by molar-refractivity contribution is 0.235. The van der Waals surface area contributed by atoms with Crippen LogP contribution in [0.2, 0.25) is 11.1 Å². The molecule has 0 rings (SSSR count). The van der Waals surface area contributed by atoms with Gasteiger partial charge >= 0.3 is 0 Å². The smallest absolute Gasteiger partial charge is 0.278 e. The predicted octanol–water partition coefficient (Wildman–Crippen LogP) is 5.69. The van der Waals surface area contributed by atoms with Crippen molar-refractivity contribution >= 4 is 8.32 Å². The van der Waals surface area contributed by atoms with Crippen LogP contribution in [0.3, 0.4) is 0 Å². The van der Waals surface area contributed by atoms with Crippen molar-refractivity contribution in [1.82, 2.24) is 0 Å². The molecule has 0 unspecified atom stereocenters. The summed E-state index contributed by atoms with van der Waals surface area (Å²) in [5.41, 5.74) is 4.50. The first kappa shape index (κ1) is 20.3. The summed E-state index contributed by atoms with van der Waals surface area (Å²) in [7, 11) is -2.13. The van der Waals surface area contributed by atoms with E-state index in [1.54, 1.807) is 0 Å². The van der Waals surface area contributed by atoms with Crippen LogP contribution >= 0.6 is 0 Å². The first-order valence-corrected chi connectivity index (χ1v) is 10.6. The molecule has 0 aromatic carbocycles. The Hall–Kier alpha value is -0.703. The lowest BCUT2D eigenvalue weighted by Gasteiger charge is -2.35. The molecule has 1 nitrogen and oxygen atoms in total. The minimum atomic E-state index is -2.13. The third-order valence-corrected chi connectivity index (χ3v) is 8.72. The van der Waals surface area contributed by atoms with Crippen molar-refractivity contribution in [3.05, 3.63) is 0 Å². The largest absolute Gasteiger partial charge is 0.391 e. The number of hydrogen-bond donors (Lipinski definition) is 0. The quantitative estimate of drug-likeness (QED) is 0.302. The fourth-order valence-electron chi connectivity index (χ4n) is 2.57. The Balaban J connectivity index is 4.97. The van der Waals surface area contributed by atoms with Crippen LogP contribution in [0.15, 0.2) is 0 Å². The van der Waals surface area contributed by atoms with Crippen molar-refractivity contribution in [1.29, 1.82) is 0 Å². The molecule has 0 amide bonds. The second-order valence-corrected chi connectivity index (χ2v) is 10.8. The van der Waals surface area contributed by atoms with Crippen LogP contribution in [-0.2, 0) is 4.43 Å². The van der Waals surface area contributed by atoms with Crippen molar-refractivity contribution in [3.63, 3.8) is 0 Å². The molecule has 0 aromatic heterocycles. The molecule has 120 valence electrons. The van der Waals surface area contributed by atoms with Gasteiger partial charge in [-0.3, -0.25) is 0 Å². The molecule has 0 fully saturated rings. The zero-order valence-electron chi connectivity index (χ0n) is 15.0. The molecule has 0 heterocycles. The van der Waals surface area contributed by atoms with Gasteiger partial charge in [-0.25, -0.2) is 0 Å². The second-order valence-electron chi connectivity index (χ2n) is 6.40. The van der Waals surface area contributed by atoms with Crippen molar-refractivity contribution in [2.45, 2.75) is 97.3 Å². The highest BCUT2D eigenvalue weighted by Crippen LogP contribution is 2.34. The molecule has 0 aliphatic heterocycles. The molecule has 0 spiro atoms. The average Bonchev–Trinajstić information content (AvgIpc) is 2.45. The fourth-order valence-corrected chi connectivity index (χ4v) is 6.19. The molecule has 0 aliphatic carbocycles. The highest BCUT2D eigenvalue weighted by molar-refractivity contribution is 6.84. The number of unbranched alkanes of at least 4 members (excludes halogenated alkanes) is 4. The van der Waals surface area contributed by atoms with Crippen LogP contribution in [0.5, 0.6) is 0 Å². The number of hydrogen-bond acceptors (Lipinski definition) is 1. The second kappa shape index (κ2) is 10.9. The van der Waals surface area contributed by atoms with E-state index in [-0.39, 0.29) is 6.10 Å². The summed E-state index contributed by atoms with van der Waals surface area (Å²) in [6.45, 7) is 13.3. The third kappa shape index (κ3) is 6.73. The summed E-state index contributed by atoms with van der Waals surface area (Å²) in [5.74, 6) is 6.20. The number of terminal acetylenes is 1. The molecule has 0 saturated heterocycles. The molecule has 0 saturated carbocycles. The van der Waals surface area contributed by atoms with Gasteiger partial charge in [0.25, 0.3) is 8.32 Å². The summed E-state index contributed by atoms with van der Waals surface area (Å²) < 4.78 is 6.42. The van der Waals surface area contributed by atoms with Gasteiger partial charge in [0.2, 0.25) is 0 Å². The minimum absolute atomic E-state index is 0.0872. The van der Waals surface area contributed by atoms with Gasteiger partial charge in [-0.05, 0) is 23.9 Å². The van der Waals surface area contributed by atoms with Gasteiger partial charge in [0.1, 0.15) is 6.10 Å². The van der Waals surface area contributed by atoms with Crippen LogP contribution in [0.4, 0.5) is 0 Å². The van der Waals surface area contributed by atoms with Crippen LogP contribution in [0.25, 0.3) is 0 Å². The highest BCUT2D eigenvalue weighted by Gasteiger charge is 2.42. The Bertz CT molecular complexity index is 359. The number of rotatable bonds is 9. The normalized spacial score (nSPS) is 12.9. The predicted molar refractivity (Wildman–Crippen MR) is 96.5 cm³/mol. The zero-order valence-corrected chi connectivity index (χ0v) is 16.0. The Labute approximate surface area is 134 Å². The molecule has 0 bridgehead atoms. The maximum atomic E-state index is 6.42. The summed E-state index contributed by atoms with van der Waals surface area (Å²) >= 11 is 0. The third-order valence-electron chi connectivity index (χ3n) is 4.05. The standard InChI is InChI=1S/C19H34OSi/c1-8-11-12-13-14-15-16-21(17(4)5,18(6)7)20-19(9-2)10-3/h2,17-19H,8,10-14H2,1,3-7H3/t19-/m0/s1. The van der Waals surface area contributed by atoms with Crippen molar-refractivity contribution < 1.29 is 4.43 Å². The summed E-state index contributed by atoms with van der Waals surface area (Å²) in [6, 6.07) is 0. The molecular formula is C19H34OSi. The monoisotopic (exact) mass is 306 g/mol. The Morgan fingerprint density at radius 1 is 1.00 bits per heavy atom. The lowest BCUT2D eigenvalue weighted by atomic mass is 10.2. The summed E-state index contributed by atoms with van der Waals surface area (Å²) in [5, 5.41) is 0. The van der Waals surface area contributed by atoms with E-state index in [2.05, 4.69) is 58.9 Å². The molecular weight excluding hydrogens is 272 g/mol. The van der Waals surface area contributed by atoms with E-state index in [9.17, 15) is 0 Å². The molecule has 2 heteroatoms. The molecule has 1 atom stereocenters. The van der Waals surface area contributed by atoms with Crippen LogP contribution in [0.1, 0.15) is 80.1 Å². The topological polar surface area (TPSA) is 9.23 Å². The maximum absolute atomic E-state index is 6.42. The van der Waals surface area contributed by atoms with Crippen molar-refractivity contribution in [2.75, 3.05) is 0 Å². The lowest BCUT2D eigenvalue weighted by Crippen LogP contribution is -2.46. The Kier molecular flexibility index (Phi) is 10.6. The van der Waals surface area contributed by atoms with Gasteiger partial charge in [0.15, 0.2) is 0 Å². The maximum Gasteiger partial charge on any atom is 0.278 e. The van der Waals surface area contributed by atoms with Crippen LogP contribution in [-0.4, -0.2) is 14.4 Å². The van der Waals surface area contributed by atoms with E-state index in [1.165, 1.54) is 25.7 Å². The van der Waals surface area contributed by atoms with Gasteiger partial charge in [-0.2, -0.15) is 0 Å². The fraction of sp³-hybridized carbons (Fsp3) is 0.789. The molecule has 0 aromatic rings. The zero-order chi connectivity index (χ0) is 16.3. The van der Waals surface area contributed by atoms with Gasteiger partial charge < -0.3 is 4.43 Å². The highest BCUT2D eigenvalue weighted by atomic mass is 28.4. The van der Waals surface area contributed by atoms with E-state index in [0.717, 1.165) is 12.8 Å². The van der Waals surface area contributed by atoms with Gasteiger partial charge in [0.05, 0.1) is 0 Å². The summed E-state index contributed by atoms with van der Waals surface area (Å²) in [6.07, 6.45) is 12.4. The van der Waals surface area contributed by atoms with Gasteiger partial charge in [-0.1, -0.05) is 72.3 Å². The van der Waals surface area contributed by atoms with E-state index >= 15 is 0 Å². The van der Waals surface area contributed by atoms with Crippen LogP contribution < -0.4 is 0 Å². The average molecular weight is 307 g/mol. The Morgan fingerprint density at radius 2 is 1.62 bits per heavy atom.